The summed E-state index contributed by atoms with van der Waals surface area (Å²) in [7, 11) is 1.88. The molecule has 3 aromatic rings. The average Bonchev–Trinajstić information content (AvgIpc) is 2.65. The summed E-state index contributed by atoms with van der Waals surface area (Å²) in [6.45, 7) is 3.29. The number of anilines is 1. The van der Waals surface area contributed by atoms with Crippen LogP contribution in [0.5, 0.6) is 17.2 Å². The highest BCUT2D eigenvalue weighted by molar-refractivity contribution is 5.82. The van der Waals surface area contributed by atoms with Gasteiger partial charge in [-0.25, -0.2) is 0 Å². The SMILES string of the molecule is CNc1ccc(-c2ccc(-c3c(C)c(O)c(C)c(O)c3O)cc2)cc1. The predicted octanol–water partition coefficient (Wildman–Crippen LogP) is 4.80. The van der Waals surface area contributed by atoms with E-state index in [1.54, 1.807) is 13.8 Å². The second-order valence-electron chi connectivity index (χ2n) is 6.08. The Morgan fingerprint density at radius 2 is 1.08 bits per heavy atom. The van der Waals surface area contributed by atoms with E-state index in [1.807, 2.05) is 55.6 Å². The van der Waals surface area contributed by atoms with Crippen LogP contribution in [0, 0.1) is 13.8 Å². The number of hydrogen-bond acceptors (Lipinski definition) is 4. The maximum atomic E-state index is 10.3. The molecule has 0 fully saturated rings. The summed E-state index contributed by atoms with van der Waals surface area (Å²) in [5, 5.41) is 33.6. The molecule has 4 N–H and O–H groups in total. The van der Waals surface area contributed by atoms with Crippen molar-refractivity contribution in [2.75, 3.05) is 12.4 Å². The first kappa shape index (κ1) is 16.7. The Morgan fingerprint density at radius 3 is 1.60 bits per heavy atom. The van der Waals surface area contributed by atoms with Gasteiger partial charge in [-0.1, -0.05) is 36.4 Å². The zero-order valence-electron chi connectivity index (χ0n) is 14.5. The topological polar surface area (TPSA) is 72.7 Å². The molecule has 25 heavy (non-hydrogen) atoms. The van der Waals surface area contributed by atoms with Crippen molar-refractivity contribution in [3.63, 3.8) is 0 Å². The van der Waals surface area contributed by atoms with Gasteiger partial charge in [0.2, 0.25) is 0 Å². The molecule has 0 amide bonds. The molecule has 0 unspecified atom stereocenters. The minimum atomic E-state index is -0.287. The van der Waals surface area contributed by atoms with Crippen LogP contribution >= 0.6 is 0 Å². The normalized spacial score (nSPS) is 10.7. The van der Waals surface area contributed by atoms with Crippen LogP contribution in [0.3, 0.4) is 0 Å². The molecule has 128 valence electrons. The standard InChI is InChI=1S/C21H21NO3/c1-12-18(21(25)20(24)13(2)19(12)23)16-6-4-14(5-7-16)15-8-10-17(22-3)11-9-15/h4-11,22-25H,1-3H3. The third-order valence-corrected chi connectivity index (χ3v) is 4.58. The molecule has 0 aliphatic heterocycles. The molecule has 0 aromatic heterocycles. The van der Waals surface area contributed by atoms with Gasteiger partial charge < -0.3 is 20.6 Å². The molecule has 0 saturated carbocycles. The highest BCUT2D eigenvalue weighted by Crippen LogP contribution is 2.46. The quantitative estimate of drug-likeness (QED) is 0.410. The van der Waals surface area contributed by atoms with Crippen LogP contribution in [0.2, 0.25) is 0 Å². The fourth-order valence-corrected chi connectivity index (χ4v) is 3.00. The monoisotopic (exact) mass is 335 g/mol. The van der Waals surface area contributed by atoms with Crippen LogP contribution < -0.4 is 5.32 Å². The Kier molecular flexibility index (Phi) is 4.28. The maximum absolute atomic E-state index is 10.3. The fourth-order valence-electron chi connectivity index (χ4n) is 3.00. The molecule has 0 aliphatic carbocycles. The van der Waals surface area contributed by atoms with Gasteiger partial charge in [-0.15, -0.1) is 0 Å². The molecule has 0 radical (unpaired) electrons. The van der Waals surface area contributed by atoms with Crippen LogP contribution in [-0.4, -0.2) is 22.4 Å². The summed E-state index contributed by atoms with van der Waals surface area (Å²) in [6.07, 6.45) is 0. The Morgan fingerprint density at radius 1 is 0.600 bits per heavy atom. The van der Waals surface area contributed by atoms with Crippen molar-refractivity contribution in [3.05, 3.63) is 59.7 Å². The first-order chi connectivity index (χ1) is 11.9. The second kappa shape index (κ2) is 6.40. The maximum Gasteiger partial charge on any atom is 0.166 e. The van der Waals surface area contributed by atoms with E-state index in [1.165, 1.54) is 0 Å². The average molecular weight is 335 g/mol. The van der Waals surface area contributed by atoms with Gasteiger partial charge in [0, 0.05) is 29.4 Å². The smallest absolute Gasteiger partial charge is 0.166 e. The summed E-state index contributed by atoms with van der Waals surface area (Å²) in [6, 6.07) is 15.7. The van der Waals surface area contributed by atoms with Gasteiger partial charge in [-0.3, -0.25) is 0 Å². The highest BCUT2D eigenvalue weighted by atomic mass is 16.3. The minimum Gasteiger partial charge on any atom is -0.507 e. The summed E-state index contributed by atoms with van der Waals surface area (Å²) in [4.78, 5) is 0. The van der Waals surface area contributed by atoms with Crippen molar-refractivity contribution in [2.24, 2.45) is 0 Å². The number of aromatic hydroxyl groups is 3. The van der Waals surface area contributed by atoms with Crippen LogP contribution in [-0.2, 0) is 0 Å². The van der Waals surface area contributed by atoms with Crippen LogP contribution in [0.25, 0.3) is 22.3 Å². The number of nitrogens with one attached hydrogen (secondary N) is 1. The molecular formula is C21H21NO3. The third kappa shape index (κ3) is 2.87. The molecule has 0 aliphatic rings. The fraction of sp³-hybridized carbons (Fsp3) is 0.143. The second-order valence-corrected chi connectivity index (χ2v) is 6.08. The molecule has 3 aromatic carbocycles. The molecule has 0 atom stereocenters. The van der Waals surface area contributed by atoms with Gasteiger partial charge in [0.05, 0.1) is 0 Å². The van der Waals surface area contributed by atoms with Crippen molar-refractivity contribution < 1.29 is 15.3 Å². The van der Waals surface area contributed by atoms with Gasteiger partial charge in [-0.05, 0) is 42.7 Å². The lowest BCUT2D eigenvalue weighted by atomic mass is 9.94. The van der Waals surface area contributed by atoms with E-state index in [2.05, 4.69) is 5.32 Å². The Hall–Kier alpha value is -3.14. The summed E-state index contributed by atoms with van der Waals surface area (Å²) in [5.41, 5.74) is 5.17. The van der Waals surface area contributed by atoms with E-state index in [-0.39, 0.29) is 22.8 Å². The van der Waals surface area contributed by atoms with Crippen LogP contribution in [0.1, 0.15) is 11.1 Å². The van der Waals surface area contributed by atoms with Crippen molar-refractivity contribution in [3.8, 4) is 39.5 Å². The zero-order chi connectivity index (χ0) is 18.1. The van der Waals surface area contributed by atoms with Crippen molar-refractivity contribution in [1.82, 2.24) is 0 Å². The highest BCUT2D eigenvalue weighted by Gasteiger charge is 2.19. The van der Waals surface area contributed by atoms with Gasteiger partial charge in [0.25, 0.3) is 0 Å². The molecule has 0 heterocycles. The number of benzene rings is 3. The van der Waals surface area contributed by atoms with E-state index in [0.717, 1.165) is 22.4 Å². The molecule has 4 nitrogen and oxygen atoms in total. The van der Waals surface area contributed by atoms with Gasteiger partial charge in [-0.2, -0.15) is 0 Å². The number of phenols is 3. The molecule has 0 saturated heterocycles. The van der Waals surface area contributed by atoms with E-state index in [4.69, 9.17) is 0 Å². The molecular weight excluding hydrogens is 314 g/mol. The molecule has 0 spiro atoms. The summed E-state index contributed by atoms with van der Waals surface area (Å²) in [5.74, 6) is -0.499. The van der Waals surface area contributed by atoms with Gasteiger partial charge >= 0.3 is 0 Å². The van der Waals surface area contributed by atoms with E-state index >= 15 is 0 Å². The lowest BCUT2D eigenvalue weighted by Gasteiger charge is -2.15. The van der Waals surface area contributed by atoms with Gasteiger partial charge in [0.15, 0.2) is 11.5 Å². The lowest BCUT2D eigenvalue weighted by molar-refractivity contribution is 0.392. The van der Waals surface area contributed by atoms with Crippen LogP contribution in [0.4, 0.5) is 5.69 Å². The lowest BCUT2D eigenvalue weighted by Crippen LogP contribution is -1.90. The van der Waals surface area contributed by atoms with Crippen LogP contribution in [0.15, 0.2) is 48.5 Å². The van der Waals surface area contributed by atoms with Gasteiger partial charge in [0.1, 0.15) is 5.75 Å². The third-order valence-electron chi connectivity index (χ3n) is 4.58. The molecule has 0 bridgehead atoms. The largest absolute Gasteiger partial charge is 0.507 e. The Balaban J connectivity index is 2.03. The first-order valence-electron chi connectivity index (χ1n) is 8.06. The number of hydrogen-bond donors (Lipinski definition) is 4. The van der Waals surface area contributed by atoms with Crippen molar-refractivity contribution in [2.45, 2.75) is 13.8 Å². The summed E-state index contributed by atoms with van der Waals surface area (Å²) >= 11 is 0. The zero-order valence-corrected chi connectivity index (χ0v) is 14.5. The summed E-state index contributed by atoms with van der Waals surface area (Å²) < 4.78 is 0. The molecule has 3 rings (SSSR count). The Bertz CT molecular complexity index is 884. The molecule has 4 heteroatoms. The first-order valence-corrected chi connectivity index (χ1v) is 8.06. The Labute approximate surface area is 147 Å². The van der Waals surface area contributed by atoms with E-state index in [9.17, 15) is 15.3 Å². The van der Waals surface area contributed by atoms with E-state index in [0.29, 0.717) is 11.1 Å². The van der Waals surface area contributed by atoms with Crippen molar-refractivity contribution in [1.29, 1.82) is 0 Å². The van der Waals surface area contributed by atoms with Crippen molar-refractivity contribution >= 4 is 5.69 Å². The number of rotatable bonds is 3. The predicted molar refractivity (Wildman–Crippen MR) is 101 cm³/mol. The minimum absolute atomic E-state index is 0.00275. The van der Waals surface area contributed by atoms with E-state index < -0.39 is 0 Å². The number of phenolic OH excluding ortho intramolecular Hbond substituents is 3.